The molecule has 0 amide bonds. The summed E-state index contributed by atoms with van der Waals surface area (Å²) in [7, 11) is 1.90. The number of hydrogen-bond acceptors (Lipinski definition) is 4. The molecule has 1 fully saturated rings. The van der Waals surface area contributed by atoms with Crippen LogP contribution in [0.1, 0.15) is 30.1 Å². The Labute approximate surface area is 122 Å². The van der Waals surface area contributed by atoms with Crippen molar-refractivity contribution < 1.29 is 5.21 Å². The lowest BCUT2D eigenvalue weighted by atomic mass is 10.2. The van der Waals surface area contributed by atoms with Crippen LogP contribution in [0, 0.1) is 0 Å². The molecule has 0 unspecified atom stereocenters. The molecule has 4 nitrogen and oxygen atoms in total. The van der Waals surface area contributed by atoms with Gasteiger partial charge in [-0.2, -0.15) is 5.10 Å². The van der Waals surface area contributed by atoms with Crippen molar-refractivity contribution in [3.05, 3.63) is 47.8 Å². The van der Waals surface area contributed by atoms with Gasteiger partial charge in [0.25, 0.3) is 0 Å². The first kappa shape index (κ1) is 13.2. The molecule has 0 bridgehead atoms. The van der Waals surface area contributed by atoms with Crippen LogP contribution in [0.5, 0.6) is 0 Å². The summed E-state index contributed by atoms with van der Waals surface area (Å²) in [5.74, 6) is 1.24. The molecule has 20 heavy (non-hydrogen) atoms. The van der Waals surface area contributed by atoms with Crippen molar-refractivity contribution in [2.24, 2.45) is 12.2 Å². The Kier molecular flexibility index (Phi) is 3.78. The Morgan fingerprint density at radius 1 is 1.40 bits per heavy atom. The van der Waals surface area contributed by atoms with Crippen LogP contribution in [0.3, 0.4) is 0 Å². The molecule has 0 saturated heterocycles. The van der Waals surface area contributed by atoms with Crippen molar-refractivity contribution in [1.29, 1.82) is 0 Å². The van der Waals surface area contributed by atoms with E-state index in [1.54, 1.807) is 11.8 Å². The van der Waals surface area contributed by atoms with Crippen molar-refractivity contribution in [3.8, 4) is 0 Å². The fourth-order valence-corrected chi connectivity index (χ4v) is 3.02. The van der Waals surface area contributed by atoms with E-state index in [-0.39, 0.29) is 0 Å². The van der Waals surface area contributed by atoms with E-state index in [1.165, 1.54) is 17.7 Å². The molecule has 1 saturated carbocycles. The van der Waals surface area contributed by atoms with Crippen LogP contribution in [-0.4, -0.2) is 26.5 Å². The highest BCUT2D eigenvalue weighted by Gasteiger charge is 2.27. The van der Waals surface area contributed by atoms with Gasteiger partial charge in [0.05, 0.1) is 11.4 Å². The van der Waals surface area contributed by atoms with E-state index in [0.29, 0.717) is 17.4 Å². The summed E-state index contributed by atoms with van der Waals surface area (Å²) < 4.78 is 1.81. The third-order valence-corrected chi connectivity index (χ3v) is 4.45. The van der Waals surface area contributed by atoms with E-state index < -0.39 is 0 Å². The van der Waals surface area contributed by atoms with Gasteiger partial charge < -0.3 is 5.21 Å². The molecule has 1 aliphatic rings. The van der Waals surface area contributed by atoms with Crippen molar-refractivity contribution in [2.45, 2.75) is 23.7 Å². The third-order valence-electron chi connectivity index (χ3n) is 3.43. The van der Waals surface area contributed by atoms with E-state index in [1.807, 2.05) is 29.9 Å². The van der Waals surface area contributed by atoms with Crippen molar-refractivity contribution >= 4 is 17.5 Å². The number of thioether (sulfide) groups is 1. The quantitative estimate of drug-likeness (QED) is 0.397. The molecule has 5 heteroatoms. The highest BCUT2D eigenvalue weighted by molar-refractivity contribution is 8.00. The van der Waals surface area contributed by atoms with Crippen LogP contribution in [-0.2, 0) is 7.05 Å². The van der Waals surface area contributed by atoms with Crippen LogP contribution < -0.4 is 0 Å². The van der Waals surface area contributed by atoms with Gasteiger partial charge in [0.2, 0.25) is 0 Å². The fraction of sp³-hybridized carbons (Fsp3) is 0.333. The van der Waals surface area contributed by atoms with Crippen LogP contribution in [0.25, 0.3) is 0 Å². The summed E-state index contributed by atoms with van der Waals surface area (Å²) >= 11 is 1.66. The molecule has 104 valence electrons. The van der Waals surface area contributed by atoms with Gasteiger partial charge in [0, 0.05) is 23.6 Å². The summed E-state index contributed by atoms with van der Waals surface area (Å²) in [5, 5.41) is 17.3. The maximum Gasteiger partial charge on any atom is 0.115 e. The Bertz CT molecular complexity index is 617. The maximum absolute atomic E-state index is 9.28. The van der Waals surface area contributed by atoms with Gasteiger partial charge in [0.15, 0.2) is 0 Å². The largest absolute Gasteiger partial charge is 0.411 e. The highest BCUT2D eigenvalue weighted by atomic mass is 32.2. The summed E-state index contributed by atoms with van der Waals surface area (Å²) in [5.41, 5.74) is 2.69. The standard InChI is InChI=1S/C15H17N3OS/c1-18-15(9-13(16-18)11-7-8-11)14(17-19)10-20-12-5-3-2-4-6-12/h2-6,9,11,19H,7-8,10H2,1H3/b17-14-. The molecular weight excluding hydrogens is 270 g/mol. The van der Waals surface area contributed by atoms with E-state index in [9.17, 15) is 5.21 Å². The maximum atomic E-state index is 9.28. The molecule has 1 aromatic carbocycles. The summed E-state index contributed by atoms with van der Waals surface area (Å²) in [6.07, 6.45) is 2.45. The minimum atomic E-state index is 0.608. The lowest BCUT2D eigenvalue weighted by Crippen LogP contribution is -2.10. The molecule has 1 N–H and O–H groups in total. The number of oxime groups is 1. The molecule has 0 spiro atoms. The number of nitrogens with zero attached hydrogens (tertiary/aromatic N) is 3. The smallest absolute Gasteiger partial charge is 0.115 e. The second kappa shape index (κ2) is 5.71. The monoisotopic (exact) mass is 287 g/mol. The third kappa shape index (κ3) is 2.88. The topological polar surface area (TPSA) is 50.4 Å². The van der Waals surface area contributed by atoms with Crippen molar-refractivity contribution in [3.63, 3.8) is 0 Å². The fourth-order valence-electron chi connectivity index (χ4n) is 2.16. The zero-order valence-corrected chi connectivity index (χ0v) is 12.2. The summed E-state index contributed by atoms with van der Waals surface area (Å²) in [6.45, 7) is 0. The lowest BCUT2D eigenvalue weighted by Gasteiger charge is -2.04. The highest BCUT2D eigenvalue weighted by Crippen LogP contribution is 2.39. The molecule has 0 radical (unpaired) electrons. The average Bonchev–Trinajstić information content (AvgIpc) is 3.25. The molecule has 1 aliphatic carbocycles. The van der Waals surface area contributed by atoms with Gasteiger partial charge in [-0.3, -0.25) is 4.68 Å². The van der Waals surface area contributed by atoms with Crippen LogP contribution in [0.2, 0.25) is 0 Å². The van der Waals surface area contributed by atoms with Crippen molar-refractivity contribution in [1.82, 2.24) is 9.78 Å². The zero-order chi connectivity index (χ0) is 13.9. The van der Waals surface area contributed by atoms with Gasteiger partial charge in [-0.25, -0.2) is 0 Å². The van der Waals surface area contributed by atoms with Crippen LogP contribution in [0.15, 0.2) is 46.4 Å². The van der Waals surface area contributed by atoms with Gasteiger partial charge in [-0.1, -0.05) is 23.4 Å². The average molecular weight is 287 g/mol. The molecule has 2 aromatic rings. The molecule has 1 aromatic heterocycles. The van der Waals surface area contributed by atoms with Gasteiger partial charge >= 0.3 is 0 Å². The Hall–Kier alpha value is -1.75. The number of rotatable bonds is 5. The molecular formula is C15H17N3OS. The van der Waals surface area contributed by atoms with E-state index in [2.05, 4.69) is 28.5 Å². The number of hydrogen-bond donors (Lipinski definition) is 1. The van der Waals surface area contributed by atoms with E-state index in [4.69, 9.17) is 0 Å². The van der Waals surface area contributed by atoms with Gasteiger partial charge in [-0.15, -0.1) is 11.8 Å². The lowest BCUT2D eigenvalue weighted by molar-refractivity contribution is 0.319. The Balaban J connectivity index is 1.73. The Morgan fingerprint density at radius 3 is 2.80 bits per heavy atom. The van der Waals surface area contributed by atoms with Gasteiger partial charge in [0.1, 0.15) is 5.71 Å². The first-order valence-electron chi connectivity index (χ1n) is 6.71. The van der Waals surface area contributed by atoms with Gasteiger partial charge in [-0.05, 0) is 31.0 Å². The number of benzene rings is 1. The number of aromatic nitrogens is 2. The number of aryl methyl sites for hydroxylation is 1. The minimum absolute atomic E-state index is 0.608. The summed E-state index contributed by atoms with van der Waals surface area (Å²) in [6, 6.07) is 12.2. The molecule has 0 atom stereocenters. The second-order valence-corrected chi connectivity index (χ2v) is 6.05. The first-order chi connectivity index (χ1) is 9.78. The first-order valence-corrected chi connectivity index (χ1v) is 7.69. The SMILES string of the molecule is Cn1nc(C2CC2)cc1/C(CSc1ccccc1)=N\O. The van der Waals surface area contributed by atoms with Crippen LogP contribution >= 0.6 is 11.8 Å². The van der Waals surface area contributed by atoms with E-state index >= 15 is 0 Å². The normalized spacial score (nSPS) is 15.6. The molecule has 1 heterocycles. The van der Waals surface area contributed by atoms with Crippen LogP contribution in [0.4, 0.5) is 0 Å². The second-order valence-electron chi connectivity index (χ2n) is 5.00. The molecule has 3 rings (SSSR count). The Morgan fingerprint density at radius 2 is 2.15 bits per heavy atom. The van der Waals surface area contributed by atoms with E-state index in [0.717, 1.165) is 11.4 Å². The summed E-state index contributed by atoms with van der Waals surface area (Å²) in [4.78, 5) is 1.17. The zero-order valence-electron chi connectivity index (χ0n) is 11.4. The predicted molar refractivity (Wildman–Crippen MR) is 80.7 cm³/mol. The van der Waals surface area contributed by atoms with Crippen molar-refractivity contribution in [2.75, 3.05) is 5.75 Å². The predicted octanol–water partition coefficient (Wildman–Crippen LogP) is 3.27. The minimum Gasteiger partial charge on any atom is -0.411 e. The molecule has 0 aliphatic heterocycles.